The van der Waals surface area contributed by atoms with Crippen LogP contribution in [0.15, 0.2) is 36.7 Å². The Hall–Kier alpha value is -1.50. The highest BCUT2D eigenvalue weighted by molar-refractivity contribution is 7.71. The van der Waals surface area contributed by atoms with Gasteiger partial charge in [0.25, 0.3) is 0 Å². The Balaban J connectivity index is 2.33. The van der Waals surface area contributed by atoms with Crippen LogP contribution in [0.25, 0.3) is 5.69 Å². The molecule has 1 N–H and O–H groups in total. The van der Waals surface area contributed by atoms with Gasteiger partial charge in [0.15, 0.2) is 4.77 Å². The Bertz CT molecular complexity index is 584. The summed E-state index contributed by atoms with van der Waals surface area (Å²) in [5.41, 5.74) is 1.97. The van der Waals surface area contributed by atoms with E-state index in [9.17, 15) is 0 Å². The minimum Gasteiger partial charge on any atom is -0.337 e. The largest absolute Gasteiger partial charge is 0.337 e. The van der Waals surface area contributed by atoms with Gasteiger partial charge in [-0.15, -0.1) is 11.6 Å². The number of nitrogens with zero attached hydrogens (tertiary/aromatic N) is 1. The highest BCUT2D eigenvalue weighted by Gasteiger charge is 1.96. The first-order valence-corrected chi connectivity index (χ1v) is 5.67. The van der Waals surface area contributed by atoms with Crippen molar-refractivity contribution in [1.29, 1.82) is 0 Å². The molecule has 4 heteroatoms. The molecule has 0 saturated carbocycles. The van der Waals surface area contributed by atoms with E-state index in [1.54, 1.807) is 0 Å². The smallest absolute Gasteiger partial charge is 0.181 e. The minimum absolute atomic E-state index is 0.352. The summed E-state index contributed by atoms with van der Waals surface area (Å²) < 4.78 is 2.58. The number of H-pyrrole nitrogens is 1. The molecule has 0 atom stereocenters. The molecule has 16 heavy (non-hydrogen) atoms. The van der Waals surface area contributed by atoms with Crippen molar-refractivity contribution in [1.82, 2.24) is 9.55 Å². The zero-order chi connectivity index (χ0) is 11.4. The highest BCUT2D eigenvalue weighted by atomic mass is 35.5. The maximum Gasteiger partial charge on any atom is 0.181 e. The summed E-state index contributed by atoms with van der Waals surface area (Å²) in [4.78, 5) is 2.95. The second kappa shape index (κ2) is 5.02. The van der Waals surface area contributed by atoms with Crippen molar-refractivity contribution in [3.05, 3.63) is 47.0 Å². The van der Waals surface area contributed by atoms with Gasteiger partial charge in [-0.2, -0.15) is 0 Å². The van der Waals surface area contributed by atoms with E-state index in [2.05, 4.69) is 16.8 Å². The fourth-order valence-electron chi connectivity index (χ4n) is 1.36. The van der Waals surface area contributed by atoms with Gasteiger partial charge in [-0.3, -0.25) is 4.57 Å². The van der Waals surface area contributed by atoms with Crippen LogP contribution in [0.3, 0.4) is 0 Å². The molecular formula is C12H9ClN2S. The number of aromatic amines is 1. The Morgan fingerprint density at radius 2 is 2.06 bits per heavy atom. The van der Waals surface area contributed by atoms with E-state index in [1.807, 2.05) is 41.2 Å². The molecule has 0 fully saturated rings. The van der Waals surface area contributed by atoms with E-state index in [1.165, 1.54) is 0 Å². The molecule has 80 valence electrons. The van der Waals surface area contributed by atoms with E-state index in [-0.39, 0.29) is 0 Å². The van der Waals surface area contributed by atoms with E-state index >= 15 is 0 Å². The lowest BCUT2D eigenvalue weighted by molar-refractivity contribution is 1.03. The average Bonchev–Trinajstić information content (AvgIpc) is 2.74. The number of aromatic nitrogens is 2. The summed E-state index contributed by atoms with van der Waals surface area (Å²) in [6.07, 6.45) is 3.70. The Morgan fingerprint density at radius 3 is 2.62 bits per heavy atom. The van der Waals surface area contributed by atoms with Gasteiger partial charge in [-0.05, 0) is 36.5 Å². The summed E-state index contributed by atoms with van der Waals surface area (Å²) in [5, 5.41) is 0. The molecule has 0 aliphatic carbocycles. The lowest BCUT2D eigenvalue weighted by atomic mass is 10.2. The van der Waals surface area contributed by atoms with Crippen molar-refractivity contribution in [2.75, 3.05) is 5.88 Å². The van der Waals surface area contributed by atoms with E-state index in [0.29, 0.717) is 10.7 Å². The maximum atomic E-state index is 5.49. The van der Waals surface area contributed by atoms with Crippen LogP contribution in [0.5, 0.6) is 0 Å². The summed E-state index contributed by atoms with van der Waals surface area (Å²) in [6.45, 7) is 0. The second-order valence-electron chi connectivity index (χ2n) is 3.12. The Morgan fingerprint density at radius 1 is 1.31 bits per heavy atom. The van der Waals surface area contributed by atoms with Crippen molar-refractivity contribution >= 4 is 23.8 Å². The predicted octanol–water partition coefficient (Wildman–Crippen LogP) is 3.13. The predicted molar refractivity (Wildman–Crippen MR) is 68.6 cm³/mol. The van der Waals surface area contributed by atoms with Gasteiger partial charge in [0.2, 0.25) is 0 Å². The van der Waals surface area contributed by atoms with Crippen LogP contribution in [-0.2, 0) is 0 Å². The highest BCUT2D eigenvalue weighted by Crippen LogP contribution is 2.09. The molecule has 0 saturated heterocycles. The normalized spacial score (nSPS) is 9.56. The van der Waals surface area contributed by atoms with Crippen LogP contribution in [0.2, 0.25) is 0 Å². The summed E-state index contributed by atoms with van der Waals surface area (Å²) in [6, 6.07) is 7.84. The van der Waals surface area contributed by atoms with Crippen molar-refractivity contribution < 1.29 is 0 Å². The first-order valence-electron chi connectivity index (χ1n) is 4.72. The number of imidazole rings is 1. The molecule has 1 aromatic heterocycles. The summed E-state index contributed by atoms with van der Waals surface area (Å²) >= 11 is 10.6. The fraction of sp³-hybridized carbons (Fsp3) is 0.0833. The molecule has 0 aliphatic heterocycles. The third-order valence-electron chi connectivity index (χ3n) is 2.09. The van der Waals surface area contributed by atoms with Gasteiger partial charge in [0, 0.05) is 23.6 Å². The molecular weight excluding hydrogens is 240 g/mol. The lowest BCUT2D eigenvalue weighted by Crippen LogP contribution is -1.91. The lowest BCUT2D eigenvalue weighted by Gasteiger charge is -2.01. The van der Waals surface area contributed by atoms with Crippen molar-refractivity contribution in [2.24, 2.45) is 0 Å². The molecule has 0 aliphatic rings. The van der Waals surface area contributed by atoms with Crippen LogP contribution in [-0.4, -0.2) is 15.4 Å². The number of nitrogens with one attached hydrogen (secondary N) is 1. The molecule has 0 bridgehead atoms. The van der Waals surface area contributed by atoms with Gasteiger partial charge >= 0.3 is 0 Å². The number of halogens is 1. The average molecular weight is 249 g/mol. The number of alkyl halides is 1. The van der Waals surface area contributed by atoms with Crippen LogP contribution in [0.1, 0.15) is 5.56 Å². The zero-order valence-corrected chi connectivity index (χ0v) is 9.98. The number of benzene rings is 1. The van der Waals surface area contributed by atoms with E-state index in [0.717, 1.165) is 11.3 Å². The molecule has 0 radical (unpaired) electrons. The summed E-state index contributed by atoms with van der Waals surface area (Å²) in [7, 11) is 0. The monoisotopic (exact) mass is 248 g/mol. The minimum atomic E-state index is 0.352. The molecule has 2 nitrogen and oxygen atoms in total. The quantitative estimate of drug-likeness (QED) is 0.467. The second-order valence-corrected chi connectivity index (χ2v) is 3.77. The van der Waals surface area contributed by atoms with Crippen LogP contribution in [0.4, 0.5) is 0 Å². The molecule has 0 spiro atoms. The third-order valence-corrected chi connectivity index (χ3v) is 2.54. The molecule has 2 aromatic rings. The van der Waals surface area contributed by atoms with Crippen LogP contribution >= 0.6 is 23.8 Å². The third kappa shape index (κ3) is 2.35. The molecule has 0 amide bonds. The van der Waals surface area contributed by atoms with Gasteiger partial charge in [0.1, 0.15) is 0 Å². The Kier molecular flexibility index (Phi) is 3.45. The fourth-order valence-corrected chi connectivity index (χ4v) is 1.67. The molecule has 1 aromatic carbocycles. The first-order chi connectivity index (χ1) is 7.81. The van der Waals surface area contributed by atoms with Crippen LogP contribution in [0, 0.1) is 16.6 Å². The van der Waals surface area contributed by atoms with Gasteiger partial charge in [0.05, 0.1) is 5.88 Å². The number of rotatable bonds is 1. The van der Waals surface area contributed by atoms with E-state index in [4.69, 9.17) is 23.8 Å². The van der Waals surface area contributed by atoms with Gasteiger partial charge < -0.3 is 4.98 Å². The van der Waals surface area contributed by atoms with Gasteiger partial charge in [-0.1, -0.05) is 11.8 Å². The molecule has 0 unspecified atom stereocenters. The van der Waals surface area contributed by atoms with Crippen molar-refractivity contribution in [3.63, 3.8) is 0 Å². The van der Waals surface area contributed by atoms with Crippen molar-refractivity contribution in [3.8, 4) is 17.5 Å². The Labute approximate surface area is 104 Å². The van der Waals surface area contributed by atoms with Crippen LogP contribution < -0.4 is 0 Å². The standard InChI is InChI=1S/C12H9ClN2S/c13-7-1-2-10-3-5-11(6-4-10)15-9-8-14-12(15)16/h3-6,8-9H,7H2,(H,14,16). The van der Waals surface area contributed by atoms with Gasteiger partial charge in [-0.25, -0.2) is 0 Å². The zero-order valence-electron chi connectivity index (χ0n) is 8.40. The molecule has 2 rings (SSSR count). The topological polar surface area (TPSA) is 20.7 Å². The van der Waals surface area contributed by atoms with E-state index < -0.39 is 0 Å². The first kappa shape index (κ1) is 11.0. The SMILES string of the molecule is S=c1[nH]ccn1-c1ccc(C#CCCl)cc1. The van der Waals surface area contributed by atoms with Crippen molar-refractivity contribution in [2.45, 2.75) is 0 Å². The number of hydrogen-bond donors (Lipinski definition) is 1. The summed E-state index contributed by atoms with van der Waals surface area (Å²) in [5.74, 6) is 6.12. The number of hydrogen-bond acceptors (Lipinski definition) is 1. The maximum absolute atomic E-state index is 5.49. The molecule has 1 heterocycles.